The van der Waals surface area contributed by atoms with Crippen LogP contribution in [0, 0.1) is 0 Å². The van der Waals surface area contributed by atoms with Crippen molar-refractivity contribution in [3.63, 3.8) is 0 Å². The predicted octanol–water partition coefficient (Wildman–Crippen LogP) is 2.90. The van der Waals surface area contributed by atoms with Crippen molar-refractivity contribution in [2.24, 2.45) is 0 Å². The Kier molecular flexibility index (Phi) is 7.41. The van der Waals surface area contributed by atoms with Crippen LogP contribution < -0.4 is 0 Å². The molecule has 0 spiro atoms. The molecule has 3 heteroatoms. The molecule has 1 heterocycles. The summed E-state index contributed by atoms with van der Waals surface area (Å²) in [7, 11) is 1.83. The molecular formula is C12H24ClNO. The third-order valence-electron chi connectivity index (χ3n) is 3.23. The maximum absolute atomic E-state index is 5.64. The van der Waals surface area contributed by atoms with E-state index in [0.717, 1.165) is 5.88 Å². The van der Waals surface area contributed by atoms with E-state index in [1.165, 1.54) is 58.2 Å². The Morgan fingerprint density at radius 3 is 2.40 bits per heavy atom. The first-order chi connectivity index (χ1) is 7.36. The number of ether oxygens (including phenoxy) is 1. The molecule has 0 aromatic carbocycles. The molecule has 0 aliphatic carbocycles. The van der Waals surface area contributed by atoms with Gasteiger partial charge in [-0.2, -0.15) is 0 Å². The quantitative estimate of drug-likeness (QED) is 0.495. The minimum Gasteiger partial charge on any atom is -0.381 e. The van der Waals surface area contributed by atoms with Crippen LogP contribution >= 0.6 is 11.6 Å². The van der Waals surface area contributed by atoms with E-state index in [9.17, 15) is 0 Å². The average Bonchev–Trinajstić information content (AvgIpc) is 2.30. The van der Waals surface area contributed by atoms with Crippen molar-refractivity contribution in [1.29, 1.82) is 0 Å². The Bertz CT molecular complexity index is 147. The number of rotatable bonds is 7. The molecule has 0 aromatic rings. The summed E-state index contributed by atoms with van der Waals surface area (Å²) in [6, 6.07) is 0. The van der Waals surface area contributed by atoms with Crippen LogP contribution in [0.25, 0.3) is 0 Å². The molecule has 0 atom stereocenters. The van der Waals surface area contributed by atoms with Crippen molar-refractivity contribution >= 4 is 11.6 Å². The molecule has 0 N–H and O–H groups in total. The van der Waals surface area contributed by atoms with Gasteiger partial charge in [0.2, 0.25) is 0 Å². The van der Waals surface area contributed by atoms with Crippen molar-refractivity contribution in [1.82, 2.24) is 4.90 Å². The molecule has 15 heavy (non-hydrogen) atoms. The molecule has 0 aromatic heterocycles. The highest BCUT2D eigenvalue weighted by Gasteiger charge is 2.17. The number of piperidine rings is 1. The topological polar surface area (TPSA) is 12.5 Å². The van der Waals surface area contributed by atoms with Crippen molar-refractivity contribution in [3.8, 4) is 0 Å². The van der Waals surface area contributed by atoms with Crippen molar-refractivity contribution in [3.05, 3.63) is 0 Å². The number of likely N-dealkylation sites (tertiary alicyclic amines) is 1. The third-order valence-corrected chi connectivity index (χ3v) is 3.49. The zero-order valence-corrected chi connectivity index (χ0v) is 10.6. The largest absolute Gasteiger partial charge is 0.381 e. The van der Waals surface area contributed by atoms with Crippen LogP contribution in [-0.2, 0) is 4.74 Å². The Morgan fingerprint density at radius 1 is 1.13 bits per heavy atom. The molecular weight excluding hydrogens is 210 g/mol. The van der Waals surface area contributed by atoms with E-state index in [-0.39, 0.29) is 0 Å². The molecule has 90 valence electrons. The van der Waals surface area contributed by atoms with E-state index >= 15 is 0 Å². The lowest BCUT2D eigenvalue weighted by Gasteiger charge is -2.31. The van der Waals surface area contributed by atoms with Gasteiger partial charge >= 0.3 is 0 Å². The molecule has 1 rings (SSSR count). The van der Waals surface area contributed by atoms with Crippen molar-refractivity contribution in [2.45, 2.75) is 44.6 Å². The molecule has 0 saturated carbocycles. The number of unbranched alkanes of at least 4 members (excludes halogenated alkanes) is 3. The standard InChI is InChI=1S/C12H24ClNO/c1-15-12-6-10-14(11-7-12)9-5-3-2-4-8-13/h12H,2-11H2,1H3. The SMILES string of the molecule is COC1CCN(CCCCCCCl)CC1. The van der Waals surface area contributed by atoms with Gasteiger partial charge in [0.15, 0.2) is 0 Å². The first-order valence-electron chi connectivity index (χ1n) is 6.18. The Hall–Kier alpha value is 0.210. The minimum atomic E-state index is 0.512. The fraction of sp³-hybridized carbons (Fsp3) is 1.00. The van der Waals surface area contributed by atoms with Gasteiger partial charge in [-0.1, -0.05) is 12.8 Å². The Balaban J connectivity index is 1.94. The highest BCUT2D eigenvalue weighted by Crippen LogP contribution is 2.13. The second kappa shape index (κ2) is 8.37. The van der Waals surface area contributed by atoms with Crippen molar-refractivity contribution in [2.75, 3.05) is 32.6 Å². The van der Waals surface area contributed by atoms with Crippen LogP contribution in [0.1, 0.15) is 38.5 Å². The first-order valence-corrected chi connectivity index (χ1v) is 6.71. The van der Waals surface area contributed by atoms with E-state index in [2.05, 4.69) is 4.90 Å². The summed E-state index contributed by atoms with van der Waals surface area (Å²) in [5, 5.41) is 0. The zero-order chi connectivity index (χ0) is 10.9. The first kappa shape index (κ1) is 13.3. The van der Waals surface area contributed by atoms with E-state index in [1.54, 1.807) is 0 Å². The van der Waals surface area contributed by atoms with Gasteiger partial charge in [-0.3, -0.25) is 0 Å². The van der Waals surface area contributed by atoms with Crippen LogP contribution in [0.2, 0.25) is 0 Å². The minimum absolute atomic E-state index is 0.512. The van der Waals surface area contributed by atoms with Crippen LogP contribution in [-0.4, -0.2) is 43.6 Å². The fourth-order valence-electron chi connectivity index (χ4n) is 2.15. The van der Waals surface area contributed by atoms with Gasteiger partial charge in [-0.05, 0) is 32.2 Å². The number of nitrogens with zero attached hydrogens (tertiary/aromatic N) is 1. The molecule has 1 aliphatic heterocycles. The van der Waals surface area contributed by atoms with Crippen LogP contribution in [0.3, 0.4) is 0 Å². The lowest BCUT2D eigenvalue weighted by molar-refractivity contribution is 0.0407. The summed E-state index contributed by atoms with van der Waals surface area (Å²) in [5.74, 6) is 0.819. The van der Waals surface area contributed by atoms with E-state index in [4.69, 9.17) is 16.3 Å². The van der Waals surface area contributed by atoms with Gasteiger partial charge < -0.3 is 9.64 Å². The van der Waals surface area contributed by atoms with Crippen LogP contribution in [0.15, 0.2) is 0 Å². The molecule has 1 saturated heterocycles. The maximum Gasteiger partial charge on any atom is 0.0595 e. The summed E-state index contributed by atoms with van der Waals surface area (Å²) in [6.07, 6.45) is 8.05. The second-order valence-electron chi connectivity index (χ2n) is 4.38. The molecule has 0 amide bonds. The molecule has 1 fully saturated rings. The van der Waals surface area contributed by atoms with Gasteiger partial charge in [-0.25, -0.2) is 0 Å². The Labute approximate surface area is 98.9 Å². The number of hydrogen-bond acceptors (Lipinski definition) is 2. The second-order valence-corrected chi connectivity index (χ2v) is 4.76. The predicted molar refractivity (Wildman–Crippen MR) is 65.7 cm³/mol. The smallest absolute Gasteiger partial charge is 0.0595 e. The highest BCUT2D eigenvalue weighted by atomic mass is 35.5. The van der Waals surface area contributed by atoms with E-state index in [0.29, 0.717) is 6.10 Å². The normalized spacial score (nSPS) is 19.6. The Morgan fingerprint density at radius 2 is 1.80 bits per heavy atom. The number of hydrogen-bond donors (Lipinski definition) is 0. The van der Waals surface area contributed by atoms with Gasteiger partial charge in [0.25, 0.3) is 0 Å². The van der Waals surface area contributed by atoms with Crippen LogP contribution in [0.4, 0.5) is 0 Å². The number of alkyl halides is 1. The molecule has 0 unspecified atom stereocenters. The summed E-state index contributed by atoms with van der Waals surface area (Å²) in [6.45, 7) is 3.70. The lowest BCUT2D eigenvalue weighted by atomic mass is 10.1. The average molecular weight is 234 g/mol. The highest BCUT2D eigenvalue weighted by molar-refractivity contribution is 6.17. The van der Waals surface area contributed by atoms with Gasteiger partial charge in [0, 0.05) is 26.1 Å². The van der Waals surface area contributed by atoms with E-state index in [1.807, 2.05) is 7.11 Å². The fourth-order valence-corrected chi connectivity index (χ4v) is 2.34. The number of methoxy groups -OCH3 is 1. The summed E-state index contributed by atoms with van der Waals surface area (Å²) < 4.78 is 5.36. The van der Waals surface area contributed by atoms with Gasteiger partial charge in [-0.15, -0.1) is 11.6 Å². The zero-order valence-electron chi connectivity index (χ0n) is 9.88. The van der Waals surface area contributed by atoms with Gasteiger partial charge in [0.1, 0.15) is 0 Å². The molecule has 0 bridgehead atoms. The number of halogens is 1. The maximum atomic E-state index is 5.64. The summed E-state index contributed by atoms with van der Waals surface area (Å²) in [4.78, 5) is 2.57. The lowest BCUT2D eigenvalue weighted by Crippen LogP contribution is -2.37. The molecule has 1 aliphatic rings. The van der Waals surface area contributed by atoms with Crippen molar-refractivity contribution < 1.29 is 4.74 Å². The van der Waals surface area contributed by atoms with Crippen LogP contribution in [0.5, 0.6) is 0 Å². The molecule has 2 nitrogen and oxygen atoms in total. The third kappa shape index (κ3) is 5.74. The summed E-state index contributed by atoms with van der Waals surface area (Å²) >= 11 is 5.64. The van der Waals surface area contributed by atoms with E-state index < -0.39 is 0 Å². The van der Waals surface area contributed by atoms with Gasteiger partial charge in [0.05, 0.1) is 6.10 Å². The monoisotopic (exact) mass is 233 g/mol. The molecule has 0 radical (unpaired) electrons. The summed E-state index contributed by atoms with van der Waals surface area (Å²) in [5.41, 5.74) is 0.